The minimum Gasteiger partial charge on any atom is -0.394 e. The number of aliphatic hydroxyl groups is 1. The highest BCUT2D eigenvalue weighted by Crippen LogP contribution is 2.33. The quantitative estimate of drug-likeness (QED) is 0.717. The summed E-state index contributed by atoms with van der Waals surface area (Å²) in [6.45, 7) is -0.191. The number of anilines is 1. The summed E-state index contributed by atoms with van der Waals surface area (Å²) < 4.78 is 7.35. The zero-order valence-corrected chi connectivity index (χ0v) is 10.0. The molecule has 19 heavy (non-hydrogen) atoms. The highest BCUT2D eigenvalue weighted by Gasteiger charge is 2.36. The molecule has 3 heterocycles. The Bertz CT molecular complexity index is 613. The summed E-state index contributed by atoms with van der Waals surface area (Å²) in [5.41, 5.74) is 6.77. The number of nitrogens with zero attached hydrogens (tertiary/aromatic N) is 4. The van der Waals surface area contributed by atoms with Crippen LogP contribution in [-0.2, 0) is 9.53 Å². The topological polar surface area (TPSA) is 116 Å². The number of nitrogens with two attached hydrogens (primary N) is 1. The molecule has 0 aliphatic carbocycles. The third-order valence-corrected chi connectivity index (χ3v) is 3.34. The Balaban J connectivity index is 1.98. The van der Waals surface area contributed by atoms with Crippen LogP contribution in [-0.4, -0.2) is 43.6 Å². The molecule has 0 saturated carbocycles. The number of hydrogen-bond acceptors (Lipinski definition) is 7. The summed E-state index contributed by atoms with van der Waals surface area (Å²) in [5.74, 6) is -0.0287. The van der Waals surface area contributed by atoms with Crippen LogP contribution in [0.3, 0.4) is 0 Å². The average molecular weight is 263 g/mol. The second-order valence-corrected chi connectivity index (χ2v) is 4.43. The number of imidazole rings is 1. The van der Waals surface area contributed by atoms with Crippen molar-refractivity contribution in [1.29, 1.82) is 0 Å². The van der Waals surface area contributed by atoms with Gasteiger partial charge >= 0.3 is 0 Å². The predicted molar refractivity (Wildman–Crippen MR) is 64.9 cm³/mol. The van der Waals surface area contributed by atoms with E-state index in [0.29, 0.717) is 23.4 Å². The van der Waals surface area contributed by atoms with Gasteiger partial charge < -0.3 is 20.4 Å². The zero-order valence-electron chi connectivity index (χ0n) is 10.0. The number of aliphatic hydroxyl groups excluding tert-OH is 1. The number of aldehydes is 1. The lowest BCUT2D eigenvalue weighted by Gasteiger charge is -2.13. The molecule has 0 amide bonds. The van der Waals surface area contributed by atoms with Crippen molar-refractivity contribution in [3.05, 3.63) is 12.7 Å². The van der Waals surface area contributed by atoms with Gasteiger partial charge in [0.1, 0.15) is 24.4 Å². The molecule has 3 rings (SSSR count). The van der Waals surface area contributed by atoms with E-state index in [-0.39, 0.29) is 18.8 Å². The van der Waals surface area contributed by atoms with Crippen molar-refractivity contribution in [2.24, 2.45) is 5.92 Å². The van der Waals surface area contributed by atoms with Crippen molar-refractivity contribution in [2.75, 3.05) is 12.3 Å². The summed E-state index contributed by atoms with van der Waals surface area (Å²) in [5, 5.41) is 9.19. The molecule has 100 valence electrons. The fourth-order valence-corrected chi connectivity index (χ4v) is 2.32. The number of carbonyl (C=O) groups is 1. The van der Waals surface area contributed by atoms with E-state index in [1.165, 1.54) is 6.33 Å². The number of nitrogen functional groups attached to an aromatic ring is 1. The first kappa shape index (κ1) is 12.0. The maximum atomic E-state index is 10.9. The second kappa shape index (κ2) is 4.56. The van der Waals surface area contributed by atoms with Crippen LogP contribution in [0.4, 0.5) is 5.82 Å². The van der Waals surface area contributed by atoms with Crippen LogP contribution in [0, 0.1) is 5.92 Å². The molecular formula is C11H13N5O3. The first-order valence-electron chi connectivity index (χ1n) is 5.89. The van der Waals surface area contributed by atoms with Gasteiger partial charge in [0.2, 0.25) is 0 Å². The molecule has 0 bridgehead atoms. The molecule has 1 unspecified atom stereocenters. The molecule has 1 aliphatic heterocycles. The Kier molecular flexibility index (Phi) is 2.88. The molecule has 0 aromatic carbocycles. The lowest BCUT2D eigenvalue weighted by molar-refractivity contribution is -0.113. The molecule has 0 radical (unpaired) electrons. The van der Waals surface area contributed by atoms with E-state index in [0.717, 1.165) is 6.29 Å². The average Bonchev–Trinajstić information content (AvgIpc) is 3.02. The van der Waals surface area contributed by atoms with Gasteiger partial charge in [-0.2, -0.15) is 0 Å². The van der Waals surface area contributed by atoms with E-state index in [4.69, 9.17) is 10.5 Å². The number of fused-ring (bicyclic) bond motifs is 1. The normalized spacial score (nSPS) is 26.9. The fourth-order valence-electron chi connectivity index (χ4n) is 2.32. The Morgan fingerprint density at radius 1 is 1.53 bits per heavy atom. The predicted octanol–water partition coefficient (Wildman–Crippen LogP) is -0.497. The van der Waals surface area contributed by atoms with Gasteiger partial charge in [0.15, 0.2) is 11.5 Å². The lowest BCUT2D eigenvalue weighted by Crippen LogP contribution is -2.21. The van der Waals surface area contributed by atoms with Crippen LogP contribution in [0.25, 0.3) is 11.2 Å². The van der Waals surface area contributed by atoms with Crippen molar-refractivity contribution in [3.8, 4) is 0 Å². The van der Waals surface area contributed by atoms with Crippen molar-refractivity contribution in [3.63, 3.8) is 0 Å². The van der Waals surface area contributed by atoms with Gasteiger partial charge in [-0.25, -0.2) is 15.0 Å². The molecule has 0 spiro atoms. The van der Waals surface area contributed by atoms with Crippen LogP contribution in [0.15, 0.2) is 12.7 Å². The minimum atomic E-state index is -0.487. The Morgan fingerprint density at radius 3 is 3.05 bits per heavy atom. The highest BCUT2D eigenvalue weighted by atomic mass is 16.5. The SMILES string of the molecule is Nc1ncnc2c1ncn2[C@H]1CC(C=O)[C@@H](CO)O1. The van der Waals surface area contributed by atoms with Crippen molar-refractivity contribution in [2.45, 2.75) is 18.8 Å². The molecule has 1 saturated heterocycles. The monoisotopic (exact) mass is 263 g/mol. The van der Waals surface area contributed by atoms with E-state index in [9.17, 15) is 9.90 Å². The Morgan fingerprint density at radius 2 is 2.37 bits per heavy atom. The Hall–Kier alpha value is -2.06. The standard InChI is InChI=1S/C11H13N5O3/c12-10-9-11(14-4-13-10)16(5-15-9)8-1-6(2-17)7(3-18)19-8/h2,4-8,18H,1,3H2,(H2,12,13,14)/t6?,7-,8-/m1/s1. The van der Waals surface area contributed by atoms with Crippen molar-refractivity contribution >= 4 is 23.3 Å². The Labute approximate surface area is 108 Å². The summed E-state index contributed by atoms with van der Waals surface area (Å²) in [7, 11) is 0. The van der Waals surface area contributed by atoms with Crippen LogP contribution in [0.5, 0.6) is 0 Å². The molecule has 1 aliphatic rings. The van der Waals surface area contributed by atoms with Gasteiger partial charge in [-0.05, 0) is 0 Å². The van der Waals surface area contributed by atoms with E-state index in [1.54, 1.807) is 10.9 Å². The molecule has 2 aromatic heterocycles. The summed E-state index contributed by atoms with van der Waals surface area (Å²) in [6.07, 6.45) is 3.33. The number of hydrogen-bond donors (Lipinski definition) is 2. The maximum absolute atomic E-state index is 10.9. The van der Waals surface area contributed by atoms with E-state index < -0.39 is 6.10 Å². The highest BCUT2D eigenvalue weighted by molar-refractivity contribution is 5.81. The van der Waals surface area contributed by atoms with Gasteiger partial charge in [0.25, 0.3) is 0 Å². The van der Waals surface area contributed by atoms with Crippen molar-refractivity contribution in [1.82, 2.24) is 19.5 Å². The van der Waals surface area contributed by atoms with Gasteiger partial charge in [0.05, 0.1) is 19.0 Å². The summed E-state index contributed by atoms with van der Waals surface area (Å²) in [4.78, 5) is 23.1. The lowest BCUT2D eigenvalue weighted by atomic mass is 10.0. The molecule has 3 N–H and O–H groups in total. The largest absolute Gasteiger partial charge is 0.394 e. The van der Waals surface area contributed by atoms with Gasteiger partial charge in [-0.3, -0.25) is 4.57 Å². The first-order chi connectivity index (χ1) is 9.24. The summed E-state index contributed by atoms with van der Waals surface area (Å²) in [6, 6.07) is 0. The molecule has 8 heteroatoms. The molecule has 8 nitrogen and oxygen atoms in total. The summed E-state index contributed by atoms with van der Waals surface area (Å²) >= 11 is 0. The van der Waals surface area contributed by atoms with Crippen LogP contribution in [0.1, 0.15) is 12.6 Å². The van der Waals surface area contributed by atoms with E-state index >= 15 is 0 Å². The molecule has 2 aromatic rings. The third kappa shape index (κ3) is 1.85. The van der Waals surface area contributed by atoms with Crippen LogP contribution in [0.2, 0.25) is 0 Å². The number of carbonyl (C=O) groups excluding carboxylic acids is 1. The maximum Gasteiger partial charge on any atom is 0.167 e. The molecule has 3 atom stereocenters. The van der Waals surface area contributed by atoms with Crippen molar-refractivity contribution < 1.29 is 14.6 Å². The van der Waals surface area contributed by atoms with E-state index in [1.807, 2.05) is 0 Å². The molecule has 1 fully saturated rings. The first-order valence-corrected chi connectivity index (χ1v) is 5.89. The number of ether oxygens (including phenoxy) is 1. The molecular weight excluding hydrogens is 250 g/mol. The number of aromatic nitrogens is 4. The minimum absolute atomic E-state index is 0.191. The van der Waals surface area contributed by atoms with Crippen LogP contribution < -0.4 is 5.73 Å². The van der Waals surface area contributed by atoms with E-state index in [2.05, 4.69) is 15.0 Å². The fraction of sp³-hybridized carbons (Fsp3) is 0.455. The van der Waals surface area contributed by atoms with Crippen LogP contribution >= 0.6 is 0 Å². The van der Waals surface area contributed by atoms with Gasteiger partial charge in [0, 0.05) is 12.3 Å². The number of rotatable bonds is 3. The van der Waals surface area contributed by atoms with Gasteiger partial charge in [-0.1, -0.05) is 0 Å². The van der Waals surface area contributed by atoms with Gasteiger partial charge in [-0.15, -0.1) is 0 Å². The zero-order chi connectivity index (χ0) is 13.4. The second-order valence-electron chi connectivity index (χ2n) is 4.43. The third-order valence-electron chi connectivity index (χ3n) is 3.34. The smallest absolute Gasteiger partial charge is 0.167 e.